The summed E-state index contributed by atoms with van der Waals surface area (Å²) in [5, 5.41) is 7.69. The molecule has 0 aliphatic heterocycles. The highest BCUT2D eigenvalue weighted by atomic mass is 15.3. The number of nitrogens with zero attached hydrogens (tertiary/aromatic N) is 5. The van der Waals surface area contributed by atoms with Crippen LogP contribution in [0.15, 0.2) is 18.7 Å². The van der Waals surface area contributed by atoms with E-state index in [4.69, 9.17) is 0 Å². The lowest BCUT2D eigenvalue weighted by atomic mass is 10.2. The van der Waals surface area contributed by atoms with E-state index in [1.165, 1.54) is 0 Å². The number of hydrogen-bond donors (Lipinski definition) is 1. The number of aromatic nitrogens is 5. The van der Waals surface area contributed by atoms with E-state index >= 15 is 0 Å². The predicted octanol–water partition coefficient (Wildman–Crippen LogP) is 1.68. The summed E-state index contributed by atoms with van der Waals surface area (Å²) in [5.41, 5.74) is 0. The van der Waals surface area contributed by atoms with Crippen LogP contribution in [-0.4, -0.2) is 30.4 Å². The third kappa shape index (κ3) is 3.90. The maximum atomic E-state index is 4.40. The molecule has 2 rings (SSSR count). The Hall–Kier alpha value is -1.69. The van der Waals surface area contributed by atoms with Crippen LogP contribution in [0.1, 0.15) is 39.3 Å². The summed E-state index contributed by atoms with van der Waals surface area (Å²) in [5.74, 6) is 2.56. The molecule has 110 valence electrons. The summed E-state index contributed by atoms with van der Waals surface area (Å²) in [7, 11) is 0. The Morgan fingerprint density at radius 3 is 2.65 bits per heavy atom. The third-order valence-corrected chi connectivity index (χ3v) is 3.02. The second-order valence-corrected chi connectivity index (χ2v) is 5.76. The van der Waals surface area contributed by atoms with Gasteiger partial charge in [0.1, 0.15) is 18.0 Å². The molecule has 0 aromatic carbocycles. The van der Waals surface area contributed by atoms with E-state index in [0.717, 1.165) is 24.7 Å². The van der Waals surface area contributed by atoms with Crippen LogP contribution in [0.3, 0.4) is 0 Å². The number of rotatable bonds is 7. The minimum Gasteiger partial charge on any atom is -0.326 e. The van der Waals surface area contributed by atoms with Gasteiger partial charge >= 0.3 is 0 Å². The molecule has 20 heavy (non-hydrogen) atoms. The van der Waals surface area contributed by atoms with Crippen molar-refractivity contribution in [3.63, 3.8) is 0 Å². The van der Waals surface area contributed by atoms with Crippen molar-refractivity contribution in [1.82, 2.24) is 29.6 Å². The number of hydrogen-bond acceptors (Lipinski definition) is 4. The molecular weight excluding hydrogens is 252 g/mol. The molecule has 2 aromatic rings. The van der Waals surface area contributed by atoms with Crippen LogP contribution in [0.25, 0.3) is 0 Å². The molecule has 0 aliphatic rings. The van der Waals surface area contributed by atoms with Crippen molar-refractivity contribution in [2.45, 2.75) is 53.4 Å². The Morgan fingerprint density at radius 2 is 1.95 bits per heavy atom. The zero-order valence-electron chi connectivity index (χ0n) is 12.7. The lowest BCUT2D eigenvalue weighted by Crippen LogP contribution is -2.24. The van der Waals surface area contributed by atoms with Gasteiger partial charge in [0, 0.05) is 25.0 Å². The Kier molecular flexibility index (Phi) is 4.89. The smallest absolute Gasteiger partial charge is 0.146 e. The van der Waals surface area contributed by atoms with Gasteiger partial charge in [-0.05, 0) is 5.92 Å². The Labute approximate surface area is 120 Å². The molecule has 0 unspecified atom stereocenters. The summed E-state index contributed by atoms with van der Waals surface area (Å²) in [4.78, 5) is 8.77. The molecule has 0 bridgehead atoms. The predicted molar refractivity (Wildman–Crippen MR) is 78.2 cm³/mol. The molecule has 0 saturated heterocycles. The van der Waals surface area contributed by atoms with Crippen molar-refractivity contribution >= 4 is 0 Å². The van der Waals surface area contributed by atoms with E-state index in [9.17, 15) is 0 Å². The van der Waals surface area contributed by atoms with Crippen LogP contribution >= 0.6 is 0 Å². The first-order valence-electron chi connectivity index (χ1n) is 7.16. The quantitative estimate of drug-likeness (QED) is 0.836. The fourth-order valence-electron chi connectivity index (χ4n) is 2.01. The van der Waals surface area contributed by atoms with E-state index in [-0.39, 0.29) is 0 Å². The molecule has 2 heterocycles. The van der Waals surface area contributed by atoms with E-state index in [2.05, 4.69) is 52.6 Å². The maximum Gasteiger partial charge on any atom is 0.146 e. The van der Waals surface area contributed by atoms with Gasteiger partial charge in [-0.2, -0.15) is 5.10 Å². The lowest BCUT2D eigenvalue weighted by Gasteiger charge is -2.12. The van der Waals surface area contributed by atoms with Crippen LogP contribution in [-0.2, 0) is 19.6 Å². The molecule has 6 heteroatoms. The minimum absolute atomic E-state index is 0.449. The monoisotopic (exact) mass is 276 g/mol. The van der Waals surface area contributed by atoms with Crippen LogP contribution in [0.2, 0.25) is 0 Å². The third-order valence-electron chi connectivity index (χ3n) is 3.02. The van der Waals surface area contributed by atoms with Crippen LogP contribution in [0, 0.1) is 5.92 Å². The van der Waals surface area contributed by atoms with E-state index < -0.39 is 0 Å². The molecule has 6 nitrogen and oxygen atoms in total. The van der Waals surface area contributed by atoms with Crippen LogP contribution < -0.4 is 5.32 Å². The molecule has 0 radical (unpaired) electrons. The first-order valence-corrected chi connectivity index (χ1v) is 7.16. The second-order valence-electron chi connectivity index (χ2n) is 5.76. The molecular formula is C14H24N6. The number of nitrogens with one attached hydrogen (secondary N) is 1. The minimum atomic E-state index is 0.449. The zero-order chi connectivity index (χ0) is 14.5. The molecule has 1 N–H and O–H groups in total. The Balaban J connectivity index is 2.07. The van der Waals surface area contributed by atoms with Crippen LogP contribution in [0.4, 0.5) is 0 Å². The highest BCUT2D eigenvalue weighted by Crippen LogP contribution is 2.06. The maximum absolute atomic E-state index is 4.40. The summed E-state index contributed by atoms with van der Waals surface area (Å²) >= 11 is 0. The SMILES string of the molecule is CC(C)Cn1ncnc1Cn1ccnc1CNC(C)C. The molecule has 2 aromatic heterocycles. The van der Waals surface area contributed by atoms with Gasteiger partial charge in [0.15, 0.2) is 0 Å². The summed E-state index contributed by atoms with van der Waals surface area (Å²) in [6.07, 6.45) is 5.45. The average Bonchev–Trinajstić information content (AvgIpc) is 2.97. The van der Waals surface area contributed by atoms with Gasteiger partial charge in [0.2, 0.25) is 0 Å². The highest BCUT2D eigenvalue weighted by molar-refractivity contribution is 4.97. The van der Waals surface area contributed by atoms with E-state index in [0.29, 0.717) is 18.5 Å². The highest BCUT2D eigenvalue weighted by Gasteiger charge is 2.10. The summed E-state index contributed by atoms with van der Waals surface area (Å²) in [6, 6.07) is 0.449. The summed E-state index contributed by atoms with van der Waals surface area (Å²) < 4.78 is 4.10. The van der Waals surface area contributed by atoms with Crippen LogP contribution in [0.5, 0.6) is 0 Å². The average molecular weight is 276 g/mol. The number of imidazole rings is 1. The summed E-state index contributed by atoms with van der Waals surface area (Å²) in [6.45, 7) is 11.0. The fraction of sp³-hybridized carbons (Fsp3) is 0.643. The van der Waals surface area contributed by atoms with E-state index in [1.54, 1.807) is 6.33 Å². The molecule has 0 saturated carbocycles. The van der Waals surface area contributed by atoms with Gasteiger partial charge in [0.25, 0.3) is 0 Å². The van der Waals surface area contributed by atoms with Crippen molar-refractivity contribution < 1.29 is 0 Å². The molecule has 0 spiro atoms. The zero-order valence-corrected chi connectivity index (χ0v) is 12.7. The Morgan fingerprint density at radius 1 is 1.15 bits per heavy atom. The Bertz CT molecular complexity index is 525. The van der Waals surface area contributed by atoms with Gasteiger partial charge in [-0.3, -0.25) is 0 Å². The van der Waals surface area contributed by atoms with Gasteiger partial charge in [-0.1, -0.05) is 27.7 Å². The first-order chi connectivity index (χ1) is 9.56. The van der Waals surface area contributed by atoms with Gasteiger partial charge in [-0.25, -0.2) is 14.6 Å². The largest absolute Gasteiger partial charge is 0.326 e. The van der Waals surface area contributed by atoms with Crippen molar-refractivity contribution in [3.8, 4) is 0 Å². The molecule has 0 fully saturated rings. The standard InChI is InChI=1S/C14H24N6/c1-11(2)8-20-14(17-10-18-20)9-19-6-5-15-13(19)7-16-12(3)4/h5-6,10-12,16H,7-9H2,1-4H3. The van der Waals surface area contributed by atoms with Crippen molar-refractivity contribution in [1.29, 1.82) is 0 Å². The van der Waals surface area contributed by atoms with E-state index in [1.807, 2.05) is 17.1 Å². The van der Waals surface area contributed by atoms with Gasteiger partial charge in [0.05, 0.1) is 13.1 Å². The molecule has 0 atom stereocenters. The first kappa shape index (κ1) is 14.7. The fourth-order valence-corrected chi connectivity index (χ4v) is 2.01. The van der Waals surface area contributed by atoms with Gasteiger partial charge < -0.3 is 9.88 Å². The van der Waals surface area contributed by atoms with Crippen molar-refractivity contribution in [3.05, 3.63) is 30.4 Å². The normalized spacial score (nSPS) is 11.7. The topological polar surface area (TPSA) is 60.6 Å². The molecule has 0 aliphatic carbocycles. The molecule has 0 amide bonds. The van der Waals surface area contributed by atoms with Crippen molar-refractivity contribution in [2.75, 3.05) is 0 Å². The lowest BCUT2D eigenvalue weighted by molar-refractivity contribution is 0.457. The second kappa shape index (κ2) is 6.65. The van der Waals surface area contributed by atoms with Crippen molar-refractivity contribution in [2.24, 2.45) is 5.92 Å². The van der Waals surface area contributed by atoms with Gasteiger partial charge in [-0.15, -0.1) is 0 Å².